The summed E-state index contributed by atoms with van der Waals surface area (Å²) < 4.78 is 29.4. The van der Waals surface area contributed by atoms with Crippen LogP contribution >= 0.6 is 0 Å². The molecule has 0 spiro atoms. The van der Waals surface area contributed by atoms with Gasteiger partial charge in [0.2, 0.25) is 10.0 Å². The first kappa shape index (κ1) is 15.1. The Balaban J connectivity index is 1.89. The first-order valence-electron chi connectivity index (χ1n) is 7.91. The lowest BCUT2D eigenvalue weighted by Crippen LogP contribution is -2.33. The molecule has 1 aromatic heterocycles. The van der Waals surface area contributed by atoms with Gasteiger partial charge in [-0.3, -0.25) is 0 Å². The lowest BCUT2D eigenvalue weighted by atomic mass is 10.3. The molecule has 0 aliphatic heterocycles. The molecule has 0 unspecified atom stereocenters. The van der Waals surface area contributed by atoms with Gasteiger partial charge < -0.3 is 9.67 Å². The average molecular weight is 312 g/mol. The minimum absolute atomic E-state index is 0.107. The van der Waals surface area contributed by atoms with Crippen LogP contribution in [0.3, 0.4) is 0 Å². The lowest BCUT2D eigenvalue weighted by molar-refractivity contribution is 0.270. The molecular formula is C15H24N2O3S. The predicted molar refractivity (Wildman–Crippen MR) is 80.4 cm³/mol. The molecule has 0 saturated heterocycles. The van der Waals surface area contributed by atoms with Crippen molar-refractivity contribution in [1.82, 2.24) is 8.87 Å². The fourth-order valence-electron chi connectivity index (χ4n) is 2.77. The van der Waals surface area contributed by atoms with Crippen LogP contribution in [0, 0.1) is 0 Å². The van der Waals surface area contributed by atoms with Gasteiger partial charge in [-0.05, 0) is 38.2 Å². The summed E-state index contributed by atoms with van der Waals surface area (Å²) in [5, 5.41) is 9.45. The van der Waals surface area contributed by atoms with E-state index in [9.17, 15) is 13.5 Å². The predicted octanol–water partition coefficient (Wildman–Crippen LogP) is 2.27. The van der Waals surface area contributed by atoms with Crippen LogP contribution in [0.2, 0.25) is 0 Å². The Bertz CT molecular complexity index is 600. The number of aliphatic hydroxyl groups excluding tert-OH is 1. The van der Waals surface area contributed by atoms with E-state index in [0.29, 0.717) is 23.2 Å². The van der Waals surface area contributed by atoms with Crippen LogP contribution in [0.15, 0.2) is 17.2 Å². The van der Waals surface area contributed by atoms with Gasteiger partial charge >= 0.3 is 0 Å². The van der Waals surface area contributed by atoms with Crippen molar-refractivity contribution in [2.45, 2.75) is 69.0 Å². The molecule has 1 N–H and O–H groups in total. The van der Waals surface area contributed by atoms with Gasteiger partial charge in [-0.25, -0.2) is 8.42 Å². The minimum Gasteiger partial charge on any atom is -0.390 e. The van der Waals surface area contributed by atoms with Crippen molar-refractivity contribution in [3.05, 3.63) is 18.0 Å². The number of rotatable bonds is 8. The molecule has 6 heteroatoms. The zero-order chi connectivity index (χ0) is 15.0. The molecule has 2 aliphatic rings. The van der Waals surface area contributed by atoms with E-state index >= 15 is 0 Å². The molecule has 0 atom stereocenters. The standard InChI is InChI=1S/C15H24N2O3S/c1-2-3-8-17(13-6-7-13)21(19,20)15-9-14(11-18)16(10-15)12-4-5-12/h9-10,12-13,18H,2-8,11H2,1H3. The normalized spacial score (nSPS) is 19.4. The fourth-order valence-corrected chi connectivity index (χ4v) is 4.54. The van der Waals surface area contributed by atoms with Gasteiger partial charge in [0.15, 0.2) is 0 Å². The molecule has 0 amide bonds. The minimum atomic E-state index is -3.43. The number of hydrogen-bond donors (Lipinski definition) is 1. The topological polar surface area (TPSA) is 62.5 Å². The summed E-state index contributed by atoms with van der Waals surface area (Å²) in [6, 6.07) is 2.21. The van der Waals surface area contributed by atoms with Gasteiger partial charge in [0, 0.05) is 30.5 Å². The summed E-state index contributed by atoms with van der Waals surface area (Å²) in [6.45, 7) is 2.57. The third-order valence-corrected chi connectivity index (χ3v) is 6.22. The molecule has 3 rings (SSSR count). The second kappa shape index (κ2) is 5.74. The molecule has 1 heterocycles. The van der Waals surface area contributed by atoms with E-state index < -0.39 is 10.0 Å². The zero-order valence-corrected chi connectivity index (χ0v) is 13.3. The Morgan fingerprint density at radius 1 is 1.33 bits per heavy atom. The van der Waals surface area contributed by atoms with Crippen LogP contribution in [0.5, 0.6) is 0 Å². The van der Waals surface area contributed by atoms with Gasteiger partial charge in [0.25, 0.3) is 0 Å². The van der Waals surface area contributed by atoms with Gasteiger partial charge in [-0.2, -0.15) is 4.31 Å². The van der Waals surface area contributed by atoms with Crippen LogP contribution in [0.1, 0.15) is 57.2 Å². The average Bonchev–Trinajstić information content (AvgIpc) is 3.38. The number of nitrogens with zero attached hydrogens (tertiary/aromatic N) is 2. The van der Waals surface area contributed by atoms with Crippen molar-refractivity contribution in [2.75, 3.05) is 6.54 Å². The Kier molecular flexibility index (Phi) is 4.12. The first-order valence-corrected chi connectivity index (χ1v) is 9.35. The molecule has 0 aromatic carbocycles. The first-order chi connectivity index (χ1) is 10.1. The van der Waals surface area contributed by atoms with E-state index in [0.717, 1.165) is 38.5 Å². The van der Waals surface area contributed by atoms with Crippen molar-refractivity contribution >= 4 is 10.0 Å². The molecule has 1 aromatic rings. The molecule has 118 valence electrons. The summed E-state index contributed by atoms with van der Waals surface area (Å²) in [7, 11) is -3.43. The van der Waals surface area contributed by atoms with E-state index in [4.69, 9.17) is 0 Å². The summed E-state index contributed by atoms with van der Waals surface area (Å²) >= 11 is 0. The van der Waals surface area contributed by atoms with Crippen molar-refractivity contribution in [3.63, 3.8) is 0 Å². The van der Waals surface area contributed by atoms with Crippen LogP contribution < -0.4 is 0 Å². The SMILES string of the molecule is CCCCN(C1CC1)S(=O)(=O)c1cc(CO)n(C2CC2)c1. The van der Waals surface area contributed by atoms with Crippen LogP contribution in [0.4, 0.5) is 0 Å². The van der Waals surface area contributed by atoms with Crippen LogP contribution in [-0.2, 0) is 16.6 Å². The number of hydrogen-bond acceptors (Lipinski definition) is 3. The number of sulfonamides is 1. The maximum Gasteiger partial charge on any atom is 0.244 e. The summed E-state index contributed by atoms with van der Waals surface area (Å²) in [6.07, 6.45) is 7.69. The summed E-state index contributed by atoms with van der Waals surface area (Å²) in [5.41, 5.74) is 0.710. The molecule has 21 heavy (non-hydrogen) atoms. The highest BCUT2D eigenvalue weighted by molar-refractivity contribution is 7.89. The maximum atomic E-state index is 12.9. The molecule has 5 nitrogen and oxygen atoms in total. The maximum absolute atomic E-state index is 12.9. The highest BCUT2D eigenvalue weighted by Crippen LogP contribution is 2.39. The Labute approximate surface area is 126 Å². The van der Waals surface area contributed by atoms with E-state index in [1.54, 1.807) is 16.6 Å². The molecule has 0 bridgehead atoms. The second-order valence-corrected chi connectivity index (χ2v) is 8.05. The number of aliphatic hydroxyl groups is 1. The Morgan fingerprint density at radius 3 is 2.57 bits per heavy atom. The summed E-state index contributed by atoms with van der Waals surface area (Å²) in [4.78, 5) is 0.349. The van der Waals surface area contributed by atoms with Gasteiger partial charge in [-0.15, -0.1) is 0 Å². The number of aromatic nitrogens is 1. The third-order valence-electron chi connectivity index (χ3n) is 4.30. The van der Waals surface area contributed by atoms with Gasteiger partial charge in [0.05, 0.1) is 6.61 Å². The molecule has 0 radical (unpaired) electrons. The van der Waals surface area contributed by atoms with E-state index in [1.165, 1.54) is 0 Å². The smallest absolute Gasteiger partial charge is 0.244 e. The van der Waals surface area contributed by atoms with E-state index in [-0.39, 0.29) is 12.6 Å². The third kappa shape index (κ3) is 3.03. The largest absolute Gasteiger partial charge is 0.390 e. The van der Waals surface area contributed by atoms with Crippen molar-refractivity contribution in [1.29, 1.82) is 0 Å². The number of unbranched alkanes of at least 4 members (excludes halogenated alkanes) is 1. The Morgan fingerprint density at radius 2 is 2.05 bits per heavy atom. The Hall–Kier alpha value is -0.850. The highest BCUT2D eigenvalue weighted by atomic mass is 32.2. The quantitative estimate of drug-likeness (QED) is 0.801. The molecule has 2 fully saturated rings. The van der Waals surface area contributed by atoms with Crippen molar-refractivity contribution < 1.29 is 13.5 Å². The van der Waals surface area contributed by atoms with Crippen LogP contribution in [-0.4, -0.2) is 35.0 Å². The van der Waals surface area contributed by atoms with Crippen LogP contribution in [0.25, 0.3) is 0 Å². The van der Waals surface area contributed by atoms with Gasteiger partial charge in [0.1, 0.15) is 4.90 Å². The fraction of sp³-hybridized carbons (Fsp3) is 0.733. The van der Waals surface area contributed by atoms with Crippen molar-refractivity contribution in [2.24, 2.45) is 0 Å². The molecule has 2 saturated carbocycles. The molecular weight excluding hydrogens is 288 g/mol. The lowest BCUT2D eigenvalue weighted by Gasteiger charge is -2.20. The van der Waals surface area contributed by atoms with Crippen molar-refractivity contribution in [3.8, 4) is 0 Å². The second-order valence-electron chi connectivity index (χ2n) is 6.16. The van der Waals surface area contributed by atoms with E-state index in [1.807, 2.05) is 4.57 Å². The molecule has 2 aliphatic carbocycles. The zero-order valence-electron chi connectivity index (χ0n) is 12.5. The monoisotopic (exact) mass is 312 g/mol. The highest BCUT2D eigenvalue weighted by Gasteiger charge is 2.38. The summed E-state index contributed by atoms with van der Waals surface area (Å²) in [5.74, 6) is 0. The van der Waals surface area contributed by atoms with E-state index in [2.05, 4.69) is 6.92 Å². The van der Waals surface area contributed by atoms with Gasteiger partial charge in [-0.1, -0.05) is 13.3 Å².